The molecule has 1 aliphatic rings. The van der Waals surface area contributed by atoms with Crippen molar-refractivity contribution in [1.29, 1.82) is 0 Å². The summed E-state index contributed by atoms with van der Waals surface area (Å²) in [5, 5.41) is 3.10. The van der Waals surface area contributed by atoms with Gasteiger partial charge in [0.05, 0.1) is 13.2 Å². The van der Waals surface area contributed by atoms with Gasteiger partial charge in [-0.2, -0.15) is 0 Å². The maximum Gasteiger partial charge on any atom is 0.411 e. The third-order valence-electron chi connectivity index (χ3n) is 3.84. The SMILES string of the molecule is CCOC(=O)Nc1ccc2c(CN3C(=O)CCC3=O)cc(=O)oc2c1. The van der Waals surface area contributed by atoms with Crippen molar-refractivity contribution in [3.05, 3.63) is 40.2 Å². The number of nitrogens with one attached hydrogen (secondary N) is 1. The lowest BCUT2D eigenvalue weighted by molar-refractivity contribution is -0.139. The Morgan fingerprint density at radius 2 is 1.92 bits per heavy atom. The van der Waals surface area contributed by atoms with Crippen molar-refractivity contribution >= 4 is 34.6 Å². The van der Waals surface area contributed by atoms with Crippen LogP contribution in [-0.4, -0.2) is 29.4 Å². The number of amides is 3. The first-order chi connectivity index (χ1) is 12.0. The van der Waals surface area contributed by atoms with Gasteiger partial charge in [0.1, 0.15) is 5.58 Å². The predicted molar refractivity (Wildman–Crippen MR) is 87.9 cm³/mol. The highest BCUT2D eigenvalue weighted by molar-refractivity contribution is 6.02. The molecule has 0 atom stereocenters. The number of fused-ring (bicyclic) bond motifs is 1. The van der Waals surface area contributed by atoms with E-state index < -0.39 is 11.7 Å². The van der Waals surface area contributed by atoms with Gasteiger partial charge >= 0.3 is 11.7 Å². The minimum Gasteiger partial charge on any atom is -0.450 e. The van der Waals surface area contributed by atoms with Gasteiger partial charge in [0.2, 0.25) is 11.8 Å². The maximum absolute atomic E-state index is 11.8. The molecule has 2 aromatic rings. The zero-order valence-corrected chi connectivity index (χ0v) is 13.5. The lowest BCUT2D eigenvalue weighted by Gasteiger charge is -2.15. The first kappa shape index (κ1) is 16.7. The van der Waals surface area contributed by atoms with E-state index in [0.717, 1.165) is 4.90 Å². The highest BCUT2D eigenvalue weighted by atomic mass is 16.5. The number of hydrogen-bond donors (Lipinski definition) is 1. The Morgan fingerprint density at radius 3 is 2.60 bits per heavy atom. The molecule has 25 heavy (non-hydrogen) atoms. The Balaban J connectivity index is 1.94. The molecule has 1 N–H and O–H groups in total. The molecule has 0 aliphatic carbocycles. The Kier molecular flexibility index (Phi) is 4.51. The summed E-state index contributed by atoms with van der Waals surface area (Å²) < 4.78 is 9.96. The summed E-state index contributed by atoms with van der Waals surface area (Å²) >= 11 is 0. The number of anilines is 1. The fraction of sp³-hybridized carbons (Fsp3) is 0.294. The number of nitrogens with zero attached hydrogens (tertiary/aromatic N) is 1. The minimum atomic E-state index is -0.617. The topological polar surface area (TPSA) is 106 Å². The molecule has 1 aromatic carbocycles. The van der Waals surface area contributed by atoms with Crippen molar-refractivity contribution in [3.8, 4) is 0 Å². The Labute approximate surface area is 142 Å². The number of carbonyl (C=O) groups is 3. The van der Waals surface area contributed by atoms with E-state index in [9.17, 15) is 19.2 Å². The van der Waals surface area contributed by atoms with Crippen LogP contribution in [0.5, 0.6) is 0 Å². The zero-order chi connectivity index (χ0) is 18.0. The van der Waals surface area contributed by atoms with E-state index in [0.29, 0.717) is 16.6 Å². The molecular weight excluding hydrogens is 328 g/mol. The molecular formula is C17H16N2O6. The third-order valence-corrected chi connectivity index (χ3v) is 3.84. The average Bonchev–Trinajstić information content (AvgIpc) is 2.86. The molecule has 1 aliphatic heterocycles. The van der Waals surface area contributed by atoms with Crippen LogP contribution < -0.4 is 10.9 Å². The number of likely N-dealkylation sites (tertiary alicyclic amines) is 1. The van der Waals surface area contributed by atoms with Gasteiger partial charge in [0.15, 0.2) is 0 Å². The molecule has 2 heterocycles. The smallest absolute Gasteiger partial charge is 0.411 e. The predicted octanol–water partition coefficient (Wildman–Crippen LogP) is 2.01. The number of ether oxygens (including phenoxy) is 1. The summed E-state index contributed by atoms with van der Waals surface area (Å²) in [6, 6.07) is 6.03. The summed E-state index contributed by atoms with van der Waals surface area (Å²) in [5.74, 6) is -0.515. The minimum absolute atomic E-state index is 0.0183. The van der Waals surface area contributed by atoms with Crippen LogP contribution in [0.25, 0.3) is 11.0 Å². The first-order valence-electron chi connectivity index (χ1n) is 7.81. The summed E-state index contributed by atoms with van der Waals surface area (Å²) in [7, 11) is 0. The summed E-state index contributed by atoms with van der Waals surface area (Å²) in [6.45, 7) is 1.94. The summed E-state index contributed by atoms with van der Waals surface area (Å²) in [5.41, 5.74) is 0.558. The highest BCUT2D eigenvalue weighted by Gasteiger charge is 2.29. The van der Waals surface area contributed by atoms with Crippen molar-refractivity contribution in [3.63, 3.8) is 0 Å². The molecule has 8 heteroatoms. The van der Waals surface area contributed by atoms with Gasteiger partial charge in [-0.25, -0.2) is 9.59 Å². The Hall–Kier alpha value is -3.16. The van der Waals surface area contributed by atoms with Gasteiger partial charge in [0, 0.05) is 36.0 Å². The second kappa shape index (κ2) is 6.76. The van der Waals surface area contributed by atoms with Gasteiger partial charge in [0.25, 0.3) is 0 Å². The van der Waals surface area contributed by atoms with Crippen LogP contribution in [0.3, 0.4) is 0 Å². The summed E-state index contributed by atoms with van der Waals surface area (Å²) in [6.07, 6.45) is -0.244. The quantitative estimate of drug-likeness (QED) is 0.672. The van der Waals surface area contributed by atoms with Gasteiger partial charge in [-0.3, -0.25) is 19.8 Å². The fourth-order valence-electron chi connectivity index (χ4n) is 2.69. The van der Waals surface area contributed by atoms with E-state index in [1.807, 2.05) is 0 Å². The average molecular weight is 344 g/mol. The largest absolute Gasteiger partial charge is 0.450 e. The van der Waals surface area contributed by atoms with Crippen molar-refractivity contribution in [2.24, 2.45) is 0 Å². The number of carbonyl (C=O) groups excluding carboxylic acids is 3. The lowest BCUT2D eigenvalue weighted by Crippen LogP contribution is -2.28. The van der Waals surface area contributed by atoms with Crippen LogP contribution in [0.15, 0.2) is 33.5 Å². The van der Waals surface area contributed by atoms with Crippen LogP contribution >= 0.6 is 0 Å². The molecule has 0 unspecified atom stereocenters. The van der Waals surface area contributed by atoms with E-state index in [-0.39, 0.29) is 43.4 Å². The van der Waals surface area contributed by atoms with Crippen molar-refractivity contribution in [1.82, 2.24) is 4.90 Å². The molecule has 0 saturated carbocycles. The molecule has 0 bridgehead atoms. The van der Waals surface area contributed by atoms with E-state index in [1.165, 1.54) is 12.1 Å². The Morgan fingerprint density at radius 1 is 1.20 bits per heavy atom. The van der Waals surface area contributed by atoms with Crippen molar-refractivity contribution < 1.29 is 23.5 Å². The van der Waals surface area contributed by atoms with Crippen LogP contribution in [0.1, 0.15) is 25.3 Å². The number of benzene rings is 1. The van der Waals surface area contributed by atoms with Crippen LogP contribution in [0, 0.1) is 0 Å². The molecule has 1 aromatic heterocycles. The van der Waals surface area contributed by atoms with Crippen molar-refractivity contribution in [2.45, 2.75) is 26.3 Å². The van der Waals surface area contributed by atoms with Gasteiger partial charge < -0.3 is 9.15 Å². The number of hydrogen-bond acceptors (Lipinski definition) is 6. The van der Waals surface area contributed by atoms with Gasteiger partial charge in [-0.05, 0) is 24.6 Å². The molecule has 3 rings (SSSR count). The van der Waals surface area contributed by atoms with E-state index in [2.05, 4.69) is 5.32 Å². The molecule has 130 valence electrons. The second-order valence-corrected chi connectivity index (χ2v) is 5.52. The summed E-state index contributed by atoms with van der Waals surface area (Å²) in [4.78, 5) is 48.0. The maximum atomic E-state index is 11.8. The van der Waals surface area contributed by atoms with Crippen LogP contribution in [0.2, 0.25) is 0 Å². The number of rotatable bonds is 4. The van der Waals surface area contributed by atoms with Crippen LogP contribution in [0.4, 0.5) is 10.5 Å². The molecule has 8 nitrogen and oxygen atoms in total. The second-order valence-electron chi connectivity index (χ2n) is 5.52. The molecule has 1 saturated heterocycles. The molecule has 1 fully saturated rings. The normalized spacial score (nSPS) is 14.2. The molecule has 3 amide bonds. The van der Waals surface area contributed by atoms with E-state index in [1.54, 1.807) is 19.1 Å². The molecule has 0 spiro atoms. The third kappa shape index (κ3) is 3.52. The van der Waals surface area contributed by atoms with Gasteiger partial charge in [-0.15, -0.1) is 0 Å². The lowest BCUT2D eigenvalue weighted by atomic mass is 10.1. The van der Waals surface area contributed by atoms with E-state index in [4.69, 9.17) is 9.15 Å². The van der Waals surface area contributed by atoms with Crippen molar-refractivity contribution in [2.75, 3.05) is 11.9 Å². The Bertz CT molecular complexity index is 901. The standard InChI is InChI=1S/C17H16N2O6/c1-2-24-17(23)18-11-3-4-12-10(7-16(22)25-13(12)8-11)9-19-14(20)5-6-15(19)21/h3-4,7-8H,2,5-6,9H2,1H3,(H,18,23). The first-order valence-corrected chi connectivity index (χ1v) is 7.81. The van der Waals surface area contributed by atoms with E-state index >= 15 is 0 Å². The zero-order valence-electron chi connectivity index (χ0n) is 13.5. The van der Waals surface area contributed by atoms with Crippen LogP contribution in [-0.2, 0) is 20.9 Å². The molecule has 0 radical (unpaired) electrons. The van der Waals surface area contributed by atoms with Gasteiger partial charge in [-0.1, -0.05) is 0 Å². The monoisotopic (exact) mass is 344 g/mol. The fourth-order valence-corrected chi connectivity index (χ4v) is 2.69. The number of imide groups is 1. The highest BCUT2D eigenvalue weighted by Crippen LogP contribution is 2.24.